The first-order chi connectivity index (χ1) is 21.7. The van der Waals surface area contributed by atoms with Crippen LogP contribution in [-0.2, 0) is 45.5 Å². The van der Waals surface area contributed by atoms with Crippen LogP contribution in [0.3, 0.4) is 0 Å². The maximum atomic E-state index is 14.0. The molecule has 10 heteroatoms. The molecule has 0 bridgehead atoms. The van der Waals surface area contributed by atoms with E-state index < -0.39 is 16.1 Å². The van der Waals surface area contributed by atoms with Crippen LogP contribution in [-0.4, -0.2) is 44.8 Å². The van der Waals surface area contributed by atoms with Crippen molar-refractivity contribution < 1.29 is 22.7 Å². The summed E-state index contributed by atoms with van der Waals surface area (Å²) in [6, 6.07) is 30.0. The molecule has 0 saturated heterocycles. The van der Waals surface area contributed by atoms with Crippen LogP contribution in [0.5, 0.6) is 5.75 Å². The normalized spacial score (nSPS) is 11.9. The van der Waals surface area contributed by atoms with Crippen LogP contribution in [0.15, 0.2) is 108 Å². The van der Waals surface area contributed by atoms with Crippen molar-refractivity contribution in [2.24, 2.45) is 0 Å². The van der Waals surface area contributed by atoms with Crippen molar-refractivity contribution in [1.82, 2.24) is 14.9 Å². The molecule has 0 fully saturated rings. The van der Waals surface area contributed by atoms with Crippen molar-refractivity contribution in [3.63, 3.8) is 0 Å². The second-order valence-corrected chi connectivity index (χ2v) is 12.8. The summed E-state index contributed by atoms with van der Waals surface area (Å²) < 4.78 is 32.4. The molecule has 0 radical (unpaired) electrons. The van der Waals surface area contributed by atoms with Gasteiger partial charge in [0.15, 0.2) is 0 Å². The van der Waals surface area contributed by atoms with E-state index in [1.54, 1.807) is 43.2 Å². The molecule has 4 aromatic carbocycles. The van der Waals surface area contributed by atoms with Crippen LogP contribution < -0.4 is 14.8 Å². The monoisotopic (exact) mass is 647 g/mol. The average molecular weight is 648 g/mol. The molecule has 45 heavy (non-hydrogen) atoms. The first-order valence-corrected chi connectivity index (χ1v) is 16.6. The van der Waals surface area contributed by atoms with Gasteiger partial charge in [0.25, 0.3) is 0 Å². The summed E-state index contributed by atoms with van der Waals surface area (Å²) in [5, 5.41) is 3.61. The van der Waals surface area contributed by atoms with Crippen molar-refractivity contribution in [3.8, 4) is 5.75 Å². The van der Waals surface area contributed by atoms with Gasteiger partial charge in [0.05, 0.1) is 12.0 Å². The predicted molar refractivity (Wildman–Crippen MR) is 176 cm³/mol. The van der Waals surface area contributed by atoms with E-state index in [9.17, 15) is 18.0 Å². The fraction of sp³-hybridized carbons (Fsp3) is 0.257. The van der Waals surface area contributed by atoms with E-state index in [1.165, 1.54) is 12.1 Å². The van der Waals surface area contributed by atoms with Gasteiger partial charge in [-0.05, 0) is 65.1 Å². The lowest BCUT2D eigenvalue weighted by atomic mass is 10.0. The Morgan fingerprint density at radius 1 is 0.822 bits per heavy atom. The summed E-state index contributed by atoms with van der Waals surface area (Å²) in [4.78, 5) is 29.7. The Morgan fingerprint density at radius 2 is 1.44 bits per heavy atom. The number of carbonyl (C=O) groups is 2. The molecule has 1 atom stereocenters. The molecule has 2 amide bonds. The molecule has 0 aromatic heterocycles. The maximum absolute atomic E-state index is 14.0. The Balaban J connectivity index is 1.58. The zero-order valence-corrected chi connectivity index (χ0v) is 27.0. The van der Waals surface area contributed by atoms with Gasteiger partial charge >= 0.3 is 0 Å². The van der Waals surface area contributed by atoms with Crippen LogP contribution in [0.2, 0.25) is 5.02 Å². The minimum atomic E-state index is -3.57. The number of benzene rings is 4. The van der Waals surface area contributed by atoms with E-state index in [4.69, 9.17) is 16.3 Å². The number of carbonyl (C=O) groups excluding carboxylic acids is 2. The van der Waals surface area contributed by atoms with Gasteiger partial charge in [-0.2, -0.15) is 0 Å². The third-order valence-corrected chi connectivity index (χ3v) is 9.17. The highest BCUT2D eigenvalue weighted by Crippen LogP contribution is 2.20. The van der Waals surface area contributed by atoms with Crippen LogP contribution in [0.25, 0.3) is 0 Å². The fourth-order valence-electron chi connectivity index (χ4n) is 4.89. The lowest BCUT2D eigenvalue weighted by Gasteiger charge is -2.32. The van der Waals surface area contributed by atoms with Gasteiger partial charge < -0.3 is 15.0 Å². The first-order valence-electron chi connectivity index (χ1n) is 14.8. The minimum absolute atomic E-state index is 0.129. The molecule has 0 spiro atoms. The van der Waals surface area contributed by atoms with Crippen LogP contribution in [0.4, 0.5) is 0 Å². The Kier molecular flexibility index (Phi) is 12.2. The van der Waals surface area contributed by atoms with Gasteiger partial charge in [0.1, 0.15) is 11.8 Å². The Hall–Kier alpha value is -4.18. The number of nitrogens with zero attached hydrogens (tertiary/aromatic N) is 1. The van der Waals surface area contributed by atoms with Crippen molar-refractivity contribution in [1.29, 1.82) is 0 Å². The number of ether oxygens (including phenoxy) is 1. The summed E-state index contributed by atoms with van der Waals surface area (Å²) in [6.45, 7) is 2.51. The molecular weight excluding hydrogens is 610 g/mol. The number of hydrogen-bond donors (Lipinski definition) is 2. The van der Waals surface area contributed by atoms with Crippen molar-refractivity contribution >= 4 is 33.4 Å². The molecule has 236 valence electrons. The summed E-state index contributed by atoms with van der Waals surface area (Å²) in [7, 11) is -1.98. The summed E-state index contributed by atoms with van der Waals surface area (Å²) >= 11 is 6.13. The second kappa shape index (κ2) is 16.2. The largest absolute Gasteiger partial charge is 0.497 e. The molecule has 1 unspecified atom stereocenters. The highest BCUT2D eigenvalue weighted by molar-refractivity contribution is 7.89. The molecular formula is C35H38ClN3O5S. The van der Waals surface area contributed by atoms with Gasteiger partial charge in [-0.3, -0.25) is 9.59 Å². The molecule has 0 aliphatic carbocycles. The molecule has 0 heterocycles. The maximum Gasteiger partial charge on any atom is 0.243 e. The number of hydrogen-bond acceptors (Lipinski definition) is 5. The first kappa shape index (κ1) is 33.7. The molecule has 4 aromatic rings. The topological polar surface area (TPSA) is 105 Å². The van der Waals surface area contributed by atoms with Crippen LogP contribution >= 0.6 is 11.6 Å². The molecule has 4 rings (SSSR count). The average Bonchev–Trinajstić information content (AvgIpc) is 3.06. The lowest BCUT2D eigenvalue weighted by Crippen LogP contribution is -2.50. The number of halogens is 1. The van der Waals surface area contributed by atoms with Crippen molar-refractivity contribution in [3.05, 3.63) is 130 Å². The lowest BCUT2D eigenvalue weighted by molar-refractivity contribution is -0.141. The van der Waals surface area contributed by atoms with Crippen molar-refractivity contribution in [2.75, 3.05) is 13.7 Å². The highest BCUT2D eigenvalue weighted by atomic mass is 35.5. The zero-order chi connectivity index (χ0) is 32.2. The van der Waals surface area contributed by atoms with E-state index in [2.05, 4.69) is 10.0 Å². The van der Waals surface area contributed by atoms with Gasteiger partial charge in [-0.25, -0.2) is 13.1 Å². The fourth-order valence-corrected chi connectivity index (χ4v) is 6.06. The number of methoxy groups -OCH3 is 1. The number of rotatable bonds is 15. The summed E-state index contributed by atoms with van der Waals surface area (Å²) in [5.41, 5.74) is 3.48. The summed E-state index contributed by atoms with van der Waals surface area (Å²) in [6.07, 6.45) is 0.832. The van der Waals surface area contributed by atoms with E-state index in [1.807, 2.05) is 66.7 Å². The van der Waals surface area contributed by atoms with Crippen LogP contribution in [0, 0.1) is 0 Å². The molecule has 2 N–H and O–H groups in total. The Bertz CT molecular complexity index is 1650. The number of aryl methyl sites for hydroxylation is 1. The summed E-state index contributed by atoms with van der Waals surface area (Å²) in [5.74, 6) is 0.255. The SMILES string of the molecule is CCNS(=O)(=O)c1ccc(CCC(=O)N(Cc2ccc(Cl)cc2)C(Cc2ccccc2)C(=O)NCc2ccc(OC)cc2)cc1. The molecule has 0 aliphatic heterocycles. The van der Waals surface area contributed by atoms with Crippen molar-refractivity contribution in [2.45, 2.75) is 50.2 Å². The second-order valence-electron chi connectivity index (χ2n) is 10.6. The smallest absolute Gasteiger partial charge is 0.243 e. The molecule has 8 nitrogen and oxygen atoms in total. The number of amides is 2. The van der Waals surface area contributed by atoms with Gasteiger partial charge in [-0.15, -0.1) is 0 Å². The Labute approximate surface area is 270 Å². The predicted octanol–water partition coefficient (Wildman–Crippen LogP) is 5.54. The standard InChI is InChI=1S/C35H38ClN3O5S/c1-3-38-45(42,43)32-20-13-26(14-21-32)15-22-34(40)39(25-29-9-16-30(36)17-10-29)33(23-27-7-5-4-6-8-27)35(41)37-24-28-11-18-31(44-2)19-12-28/h4-14,16-21,33,38H,3,15,22-25H2,1-2H3,(H,37,41). The minimum Gasteiger partial charge on any atom is -0.497 e. The third kappa shape index (κ3) is 9.91. The number of nitrogens with one attached hydrogen (secondary N) is 2. The molecule has 0 saturated carbocycles. The molecule has 0 aliphatic rings. The third-order valence-electron chi connectivity index (χ3n) is 7.36. The quantitative estimate of drug-likeness (QED) is 0.176. The highest BCUT2D eigenvalue weighted by Gasteiger charge is 2.30. The van der Waals surface area contributed by atoms with E-state index >= 15 is 0 Å². The van der Waals surface area contributed by atoms with E-state index in [-0.39, 0.29) is 29.7 Å². The van der Waals surface area contributed by atoms with E-state index in [0.717, 1.165) is 28.0 Å². The van der Waals surface area contributed by atoms with Gasteiger partial charge in [0, 0.05) is 37.5 Å². The van der Waals surface area contributed by atoms with Gasteiger partial charge in [0.2, 0.25) is 21.8 Å². The van der Waals surface area contributed by atoms with Gasteiger partial charge in [-0.1, -0.05) is 85.3 Å². The zero-order valence-electron chi connectivity index (χ0n) is 25.4. The van der Waals surface area contributed by atoms with Crippen LogP contribution in [0.1, 0.15) is 35.6 Å². The van der Waals surface area contributed by atoms with E-state index in [0.29, 0.717) is 31.0 Å². The Morgan fingerprint density at radius 3 is 2.07 bits per heavy atom. The number of sulfonamides is 1.